The average molecular weight is 261 g/mol. The second-order valence-electron chi connectivity index (χ2n) is 5.80. The van der Waals surface area contributed by atoms with Crippen LogP contribution >= 0.6 is 0 Å². The predicted molar refractivity (Wildman–Crippen MR) is 72.4 cm³/mol. The summed E-state index contributed by atoms with van der Waals surface area (Å²) in [5.41, 5.74) is 0.647. The lowest BCUT2D eigenvalue weighted by Gasteiger charge is -2.37. The molecule has 1 aromatic carbocycles. The molecule has 1 aromatic rings. The summed E-state index contributed by atoms with van der Waals surface area (Å²) in [5, 5.41) is 10.0. The number of hydrogen-bond acceptors (Lipinski definition) is 4. The topological polar surface area (TPSA) is 55.8 Å². The lowest BCUT2D eigenvalue weighted by atomic mass is 9.81. The molecule has 0 aromatic heterocycles. The van der Waals surface area contributed by atoms with E-state index in [-0.39, 0.29) is 5.97 Å². The van der Waals surface area contributed by atoms with Crippen LogP contribution in [-0.4, -0.2) is 29.8 Å². The zero-order chi connectivity index (χ0) is 14.3. The van der Waals surface area contributed by atoms with E-state index in [1.165, 1.54) is 0 Å². The summed E-state index contributed by atoms with van der Waals surface area (Å²) in [4.78, 5) is 11.3. The molecule has 0 fully saturated rings. The molecule has 1 radical (unpaired) electrons. The van der Waals surface area contributed by atoms with Gasteiger partial charge in [-0.2, -0.15) is 0 Å². The van der Waals surface area contributed by atoms with Crippen molar-refractivity contribution >= 4 is 18.9 Å². The number of ether oxygens (including phenoxy) is 1. The monoisotopic (exact) mass is 261 g/mol. The zero-order valence-corrected chi connectivity index (χ0v) is 11.7. The number of carbonyl (C=O) groups is 1. The molecule has 0 bridgehead atoms. The Morgan fingerprint density at radius 1 is 1.32 bits per heavy atom. The van der Waals surface area contributed by atoms with Crippen LogP contribution in [0.15, 0.2) is 18.2 Å². The van der Waals surface area contributed by atoms with Crippen molar-refractivity contribution in [2.75, 3.05) is 0 Å². The number of carbonyl (C=O) groups excluding carboxylic acids is 1. The van der Waals surface area contributed by atoms with Crippen molar-refractivity contribution in [3.05, 3.63) is 29.3 Å². The lowest BCUT2D eigenvalue weighted by Crippen LogP contribution is -2.49. The van der Waals surface area contributed by atoms with Crippen molar-refractivity contribution < 1.29 is 19.3 Å². The maximum absolute atomic E-state index is 11.3. The molecule has 1 aliphatic heterocycles. The quantitative estimate of drug-likeness (QED) is 0.653. The fourth-order valence-electron chi connectivity index (χ4n) is 1.59. The number of cyclic esters (lactones) is 1. The van der Waals surface area contributed by atoms with Crippen molar-refractivity contribution in [1.29, 1.82) is 0 Å². The Morgan fingerprint density at radius 2 is 2.00 bits per heavy atom. The van der Waals surface area contributed by atoms with E-state index in [1.807, 2.05) is 19.9 Å². The molecule has 0 amide bonds. The smallest absolute Gasteiger partial charge is 0.338 e. The van der Waals surface area contributed by atoms with Gasteiger partial charge >= 0.3 is 13.5 Å². The summed E-state index contributed by atoms with van der Waals surface area (Å²) in [6.45, 7) is 7.36. The van der Waals surface area contributed by atoms with E-state index in [0.717, 1.165) is 11.0 Å². The number of aliphatic hydroxyl groups is 1. The minimum Gasteiger partial charge on any atom is -0.457 e. The van der Waals surface area contributed by atoms with Crippen molar-refractivity contribution in [2.45, 2.75) is 45.5 Å². The van der Waals surface area contributed by atoms with E-state index >= 15 is 0 Å². The summed E-state index contributed by atoms with van der Waals surface area (Å²) in [5.74, 6) is -0.278. The highest BCUT2D eigenvalue weighted by Crippen LogP contribution is 2.24. The Morgan fingerprint density at radius 3 is 2.63 bits per heavy atom. The first-order valence-corrected chi connectivity index (χ1v) is 6.24. The van der Waals surface area contributed by atoms with E-state index < -0.39 is 11.2 Å². The van der Waals surface area contributed by atoms with Crippen LogP contribution in [0.25, 0.3) is 0 Å². The Hall–Kier alpha value is -1.33. The van der Waals surface area contributed by atoms with Crippen LogP contribution in [0.4, 0.5) is 0 Å². The third kappa shape index (κ3) is 2.82. The van der Waals surface area contributed by atoms with Gasteiger partial charge in [0.2, 0.25) is 0 Å². The molecule has 1 N–H and O–H groups in total. The van der Waals surface area contributed by atoms with Gasteiger partial charge in [-0.3, -0.25) is 0 Å². The molecule has 0 aliphatic carbocycles. The van der Waals surface area contributed by atoms with Gasteiger partial charge in [-0.25, -0.2) is 4.79 Å². The van der Waals surface area contributed by atoms with E-state index in [2.05, 4.69) is 0 Å². The zero-order valence-electron chi connectivity index (χ0n) is 11.7. The molecule has 0 saturated heterocycles. The molecular formula is C14H18BO4. The molecule has 1 aliphatic rings. The molecule has 1 heterocycles. The van der Waals surface area contributed by atoms with Crippen molar-refractivity contribution in [2.24, 2.45) is 0 Å². The summed E-state index contributed by atoms with van der Waals surface area (Å²) >= 11 is 0. The first kappa shape index (κ1) is 14.1. The van der Waals surface area contributed by atoms with E-state index in [1.54, 1.807) is 33.5 Å². The number of esters is 1. The third-order valence-electron chi connectivity index (χ3n) is 3.67. The molecule has 2 rings (SSSR count). The van der Waals surface area contributed by atoms with Gasteiger partial charge in [0.15, 0.2) is 0 Å². The minimum absolute atomic E-state index is 0.278. The maximum atomic E-state index is 11.3. The first-order chi connectivity index (χ1) is 8.71. The van der Waals surface area contributed by atoms with Gasteiger partial charge in [-0.05, 0) is 33.8 Å². The average Bonchev–Trinajstić information content (AvgIpc) is 2.67. The summed E-state index contributed by atoms with van der Waals surface area (Å²) < 4.78 is 10.6. The van der Waals surface area contributed by atoms with Crippen LogP contribution in [0.5, 0.6) is 0 Å². The number of benzene rings is 1. The van der Waals surface area contributed by atoms with Gasteiger partial charge < -0.3 is 14.5 Å². The molecule has 101 valence electrons. The van der Waals surface area contributed by atoms with Crippen molar-refractivity contribution in [1.82, 2.24) is 0 Å². The maximum Gasteiger partial charge on any atom is 0.338 e. The fourth-order valence-corrected chi connectivity index (χ4v) is 1.59. The molecule has 5 heteroatoms. The summed E-state index contributed by atoms with van der Waals surface area (Å²) in [6.07, 6.45) is 0. The van der Waals surface area contributed by atoms with Crippen LogP contribution in [-0.2, 0) is 16.0 Å². The van der Waals surface area contributed by atoms with Crippen molar-refractivity contribution in [3.63, 3.8) is 0 Å². The van der Waals surface area contributed by atoms with Gasteiger partial charge in [-0.1, -0.05) is 17.6 Å². The largest absolute Gasteiger partial charge is 0.457 e. The van der Waals surface area contributed by atoms with Crippen molar-refractivity contribution in [3.8, 4) is 0 Å². The highest BCUT2D eigenvalue weighted by atomic mass is 16.5. The Balaban J connectivity index is 2.08. The number of hydrogen-bond donors (Lipinski definition) is 1. The summed E-state index contributed by atoms with van der Waals surface area (Å²) in [6, 6.07) is 5.39. The van der Waals surface area contributed by atoms with Crippen LogP contribution < -0.4 is 5.46 Å². The van der Waals surface area contributed by atoms with Crippen LogP contribution in [0.1, 0.15) is 43.6 Å². The second kappa shape index (κ2) is 4.65. The standard InChI is InChI=1S/C14H18BO4/c1-13(2,17)14(3,4)19-15-10-5-6-11-9(7-10)8-18-12(11)16/h5-7,17H,8H2,1-4H3. The van der Waals surface area contributed by atoms with E-state index in [0.29, 0.717) is 12.2 Å². The molecule has 0 saturated carbocycles. The van der Waals surface area contributed by atoms with Gasteiger partial charge in [0.1, 0.15) is 6.61 Å². The normalized spacial score (nSPS) is 15.1. The minimum atomic E-state index is -0.959. The molecular weight excluding hydrogens is 243 g/mol. The molecule has 4 nitrogen and oxygen atoms in total. The van der Waals surface area contributed by atoms with Gasteiger partial charge in [0.05, 0.1) is 16.8 Å². The molecule has 0 atom stereocenters. The molecule has 19 heavy (non-hydrogen) atoms. The third-order valence-corrected chi connectivity index (χ3v) is 3.67. The number of fused-ring (bicyclic) bond motifs is 1. The Kier molecular flexibility index (Phi) is 3.45. The highest BCUT2D eigenvalue weighted by molar-refractivity contribution is 6.47. The van der Waals surface area contributed by atoms with Crippen LogP contribution in [0, 0.1) is 0 Å². The Labute approximate surface area is 114 Å². The van der Waals surface area contributed by atoms with Gasteiger partial charge in [-0.15, -0.1) is 0 Å². The number of rotatable bonds is 4. The lowest BCUT2D eigenvalue weighted by molar-refractivity contribution is -0.0893. The Bertz CT molecular complexity index is 503. The van der Waals surface area contributed by atoms with Gasteiger partial charge in [0, 0.05) is 5.56 Å². The van der Waals surface area contributed by atoms with E-state index in [4.69, 9.17) is 9.39 Å². The van der Waals surface area contributed by atoms with E-state index in [9.17, 15) is 9.90 Å². The van der Waals surface area contributed by atoms with Gasteiger partial charge in [0.25, 0.3) is 0 Å². The SMILES string of the molecule is CC(C)(O)C(C)(C)O[B]c1ccc2c(c1)COC2=O. The predicted octanol–water partition coefficient (Wildman–Crippen LogP) is 1.17. The molecule has 0 unspecified atom stereocenters. The molecule has 0 spiro atoms. The first-order valence-electron chi connectivity index (χ1n) is 6.24. The second-order valence-corrected chi connectivity index (χ2v) is 5.80. The van der Waals surface area contributed by atoms with Crippen LogP contribution in [0.3, 0.4) is 0 Å². The van der Waals surface area contributed by atoms with Crippen LogP contribution in [0.2, 0.25) is 0 Å². The summed E-state index contributed by atoms with van der Waals surface area (Å²) in [7, 11) is 1.60. The highest BCUT2D eigenvalue weighted by Gasteiger charge is 2.35. The fraction of sp³-hybridized carbons (Fsp3) is 0.500.